The number of nitrogens with two attached hydrogens (primary N) is 1. The Kier molecular flexibility index (Phi) is 2.15. The Bertz CT molecular complexity index is 354. The van der Waals surface area contributed by atoms with E-state index in [9.17, 15) is 0 Å². The van der Waals surface area contributed by atoms with Crippen molar-refractivity contribution in [1.82, 2.24) is 10.1 Å². The Labute approximate surface area is 90.2 Å². The van der Waals surface area contributed by atoms with Gasteiger partial charge in [0.25, 0.3) is 0 Å². The third kappa shape index (κ3) is 1.39. The summed E-state index contributed by atoms with van der Waals surface area (Å²) in [6.07, 6.45) is 0.692. The quantitative estimate of drug-likeness (QED) is 0.823. The van der Waals surface area contributed by atoms with Crippen molar-refractivity contribution in [1.29, 1.82) is 0 Å². The predicted molar refractivity (Wildman–Crippen MR) is 57.4 cm³/mol. The molecule has 2 rings (SSSR count). The van der Waals surface area contributed by atoms with Gasteiger partial charge >= 0.3 is 0 Å². The lowest BCUT2D eigenvalue weighted by Crippen LogP contribution is -2.04. The average Bonchev–Trinajstić information content (AvgIpc) is 2.51. The number of hydrogen-bond acceptors (Lipinski definition) is 4. The van der Waals surface area contributed by atoms with Gasteiger partial charge in [-0.3, -0.25) is 0 Å². The number of hydrogen-bond donors (Lipinski definition) is 1. The minimum Gasteiger partial charge on any atom is -0.339 e. The Morgan fingerprint density at radius 1 is 1.27 bits per heavy atom. The third-order valence-corrected chi connectivity index (χ3v) is 4.12. The molecule has 1 aromatic rings. The van der Waals surface area contributed by atoms with Gasteiger partial charge in [-0.05, 0) is 17.4 Å². The maximum absolute atomic E-state index is 5.45. The molecule has 0 bridgehead atoms. The largest absolute Gasteiger partial charge is 0.339 e. The molecule has 0 radical (unpaired) electrons. The molecule has 1 heterocycles. The summed E-state index contributed by atoms with van der Waals surface area (Å²) in [4.78, 5) is 4.40. The van der Waals surface area contributed by atoms with Gasteiger partial charge in [-0.2, -0.15) is 4.98 Å². The van der Waals surface area contributed by atoms with Crippen molar-refractivity contribution in [3.8, 4) is 0 Å². The van der Waals surface area contributed by atoms with Gasteiger partial charge in [0.15, 0.2) is 5.82 Å². The van der Waals surface area contributed by atoms with Crippen LogP contribution < -0.4 is 5.73 Å². The SMILES string of the molecule is CC1(C)C(c2nc(CCN)no2)C1(C)C. The van der Waals surface area contributed by atoms with Gasteiger partial charge in [0.2, 0.25) is 5.89 Å². The lowest BCUT2D eigenvalue weighted by Gasteiger charge is -2.03. The van der Waals surface area contributed by atoms with Gasteiger partial charge in [-0.15, -0.1) is 0 Å². The van der Waals surface area contributed by atoms with E-state index in [2.05, 4.69) is 37.8 Å². The van der Waals surface area contributed by atoms with E-state index in [-0.39, 0.29) is 10.8 Å². The number of nitrogens with zero attached hydrogens (tertiary/aromatic N) is 2. The van der Waals surface area contributed by atoms with Crippen molar-refractivity contribution in [2.75, 3.05) is 6.54 Å². The van der Waals surface area contributed by atoms with Crippen LogP contribution in [0.5, 0.6) is 0 Å². The zero-order valence-corrected chi connectivity index (χ0v) is 9.87. The molecule has 4 nitrogen and oxygen atoms in total. The minimum atomic E-state index is 0.250. The number of aromatic nitrogens is 2. The summed E-state index contributed by atoms with van der Waals surface area (Å²) in [5, 5.41) is 3.93. The van der Waals surface area contributed by atoms with Crippen LogP contribution in [0.3, 0.4) is 0 Å². The second-order valence-corrected chi connectivity index (χ2v) is 5.46. The summed E-state index contributed by atoms with van der Waals surface area (Å²) in [5.41, 5.74) is 5.95. The topological polar surface area (TPSA) is 64.9 Å². The van der Waals surface area contributed by atoms with Crippen LogP contribution in [0.25, 0.3) is 0 Å². The first-order chi connectivity index (χ1) is 6.91. The monoisotopic (exact) mass is 209 g/mol. The van der Waals surface area contributed by atoms with E-state index in [1.165, 1.54) is 0 Å². The molecule has 1 saturated carbocycles. The third-order valence-electron chi connectivity index (χ3n) is 4.12. The van der Waals surface area contributed by atoms with Crippen molar-refractivity contribution in [2.45, 2.75) is 40.0 Å². The summed E-state index contributed by atoms with van der Waals surface area (Å²) in [6, 6.07) is 0. The number of rotatable bonds is 3. The van der Waals surface area contributed by atoms with E-state index in [1.807, 2.05) is 0 Å². The Morgan fingerprint density at radius 3 is 2.33 bits per heavy atom. The molecule has 1 fully saturated rings. The van der Waals surface area contributed by atoms with E-state index in [0.29, 0.717) is 18.9 Å². The first-order valence-corrected chi connectivity index (χ1v) is 5.44. The lowest BCUT2D eigenvalue weighted by molar-refractivity contribution is 0.361. The second kappa shape index (κ2) is 3.04. The maximum Gasteiger partial charge on any atom is 0.230 e. The van der Waals surface area contributed by atoms with Crippen LogP contribution in [-0.2, 0) is 6.42 Å². The molecule has 4 heteroatoms. The van der Waals surface area contributed by atoms with Crippen molar-refractivity contribution in [2.24, 2.45) is 16.6 Å². The first-order valence-electron chi connectivity index (χ1n) is 5.44. The Morgan fingerprint density at radius 2 is 1.87 bits per heavy atom. The van der Waals surface area contributed by atoms with Crippen LogP contribution in [0.15, 0.2) is 4.52 Å². The highest BCUT2D eigenvalue weighted by Crippen LogP contribution is 2.73. The van der Waals surface area contributed by atoms with E-state index >= 15 is 0 Å². The molecule has 0 amide bonds. The lowest BCUT2D eigenvalue weighted by atomic mass is 10.0. The molecular formula is C11H19N3O. The zero-order valence-electron chi connectivity index (χ0n) is 9.87. The standard InChI is InChI=1S/C11H19N3O/c1-10(2)8(11(10,3)4)9-13-7(5-6-12)14-15-9/h8H,5-6,12H2,1-4H3. The molecule has 15 heavy (non-hydrogen) atoms. The van der Waals surface area contributed by atoms with Crippen LogP contribution in [0.1, 0.15) is 45.3 Å². The molecule has 1 aromatic heterocycles. The first kappa shape index (κ1) is 10.6. The van der Waals surface area contributed by atoms with Gasteiger partial charge in [0, 0.05) is 12.3 Å². The second-order valence-electron chi connectivity index (χ2n) is 5.46. The summed E-state index contributed by atoms with van der Waals surface area (Å²) >= 11 is 0. The predicted octanol–water partition coefficient (Wildman–Crippen LogP) is 1.72. The van der Waals surface area contributed by atoms with Gasteiger partial charge in [-0.1, -0.05) is 32.9 Å². The fraction of sp³-hybridized carbons (Fsp3) is 0.818. The van der Waals surface area contributed by atoms with Crippen molar-refractivity contribution in [3.05, 3.63) is 11.7 Å². The van der Waals surface area contributed by atoms with Crippen LogP contribution in [0.4, 0.5) is 0 Å². The highest BCUT2D eigenvalue weighted by molar-refractivity contribution is 5.24. The van der Waals surface area contributed by atoms with Crippen LogP contribution in [0, 0.1) is 10.8 Å². The highest BCUT2D eigenvalue weighted by Gasteiger charge is 2.67. The maximum atomic E-state index is 5.45. The molecular weight excluding hydrogens is 190 g/mol. The summed E-state index contributed by atoms with van der Waals surface area (Å²) in [5.74, 6) is 1.88. The summed E-state index contributed by atoms with van der Waals surface area (Å²) < 4.78 is 5.30. The van der Waals surface area contributed by atoms with Crippen LogP contribution in [-0.4, -0.2) is 16.7 Å². The average molecular weight is 209 g/mol. The highest BCUT2D eigenvalue weighted by atomic mass is 16.5. The normalized spacial score (nSPS) is 23.0. The minimum absolute atomic E-state index is 0.250. The van der Waals surface area contributed by atoms with Crippen molar-refractivity contribution >= 4 is 0 Å². The van der Waals surface area contributed by atoms with E-state index in [0.717, 1.165) is 11.7 Å². The van der Waals surface area contributed by atoms with E-state index < -0.39 is 0 Å². The van der Waals surface area contributed by atoms with E-state index in [4.69, 9.17) is 10.3 Å². The molecule has 1 aliphatic carbocycles. The molecule has 84 valence electrons. The molecule has 0 spiro atoms. The van der Waals surface area contributed by atoms with Gasteiger partial charge in [-0.25, -0.2) is 0 Å². The molecule has 0 atom stereocenters. The van der Waals surface area contributed by atoms with Crippen LogP contribution in [0.2, 0.25) is 0 Å². The summed E-state index contributed by atoms with van der Waals surface area (Å²) in [7, 11) is 0. The molecule has 1 aliphatic rings. The summed E-state index contributed by atoms with van der Waals surface area (Å²) in [6.45, 7) is 9.53. The van der Waals surface area contributed by atoms with Crippen molar-refractivity contribution in [3.63, 3.8) is 0 Å². The van der Waals surface area contributed by atoms with Crippen molar-refractivity contribution < 1.29 is 4.52 Å². The van der Waals surface area contributed by atoms with Gasteiger partial charge in [0.05, 0.1) is 0 Å². The fourth-order valence-corrected chi connectivity index (χ4v) is 2.43. The molecule has 0 unspecified atom stereocenters. The van der Waals surface area contributed by atoms with E-state index in [1.54, 1.807) is 0 Å². The smallest absolute Gasteiger partial charge is 0.230 e. The fourth-order valence-electron chi connectivity index (χ4n) is 2.43. The molecule has 2 N–H and O–H groups in total. The zero-order chi connectivity index (χ0) is 11.3. The van der Waals surface area contributed by atoms with Gasteiger partial charge < -0.3 is 10.3 Å². The molecule has 0 aromatic carbocycles. The molecule has 0 aliphatic heterocycles. The van der Waals surface area contributed by atoms with Gasteiger partial charge in [0.1, 0.15) is 0 Å². The molecule has 0 saturated heterocycles. The Balaban J connectivity index is 2.19. The van der Waals surface area contributed by atoms with Crippen LogP contribution >= 0.6 is 0 Å². The Hall–Kier alpha value is -0.900.